The summed E-state index contributed by atoms with van der Waals surface area (Å²) in [5, 5.41) is 2.19. The van der Waals surface area contributed by atoms with Crippen molar-refractivity contribution in [3.05, 3.63) is 81.8 Å². The molecule has 0 bridgehead atoms. The summed E-state index contributed by atoms with van der Waals surface area (Å²) >= 11 is 3.41. The van der Waals surface area contributed by atoms with Crippen LogP contribution in [-0.2, 0) is 6.42 Å². The van der Waals surface area contributed by atoms with Gasteiger partial charge >= 0.3 is 0 Å². The number of rotatable bonds is 3. The molecular formula is C19H15BrO. The average molecular weight is 339 g/mol. The highest BCUT2D eigenvalue weighted by Crippen LogP contribution is 2.23. The van der Waals surface area contributed by atoms with Gasteiger partial charge in [-0.2, -0.15) is 0 Å². The maximum atomic E-state index is 12.6. The van der Waals surface area contributed by atoms with E-state index in [0.717, 1.165) is 26.4 Å². The molecule has 0 spiro atoms. The highest BCUT2D eigenvalue weighted by Gasteiger charge is 2.11. The van der Waals surface area contributed by atoms with Gasteiger partial charge in [0.1, 0.15) is 0 Å². The summed E-state index contributed by atoms with van der Waals surface area (Å²) in [6.45, 7) is 2.07. The van der Waals surface area contributed by atoms with Crippen LogP contribution in [0.15, 0.2) is 65.1 Å². The molecule has 0 aliphatic carbocycles. The SMILES string of the molecule is Cc1ccc(C(=O)Cc2ccc(Br)cc2)c2ccccc12. The molecule has 0 saturated heterocycles. The predicted octanol–water partition coefficient (Wildman–Crippen LogP) is 5.34. The molecule has 21 heavy (non-hydrogen) atoms. The molecule has 0 aliphatic rings. The zero-order valence-corrected chi connectivity index (χ0v) is 13.4. The lowest BCUT2D eigenvalue weighted by Gasteiger charge is -2.08. The van der Waals surface area contributed by atoms with Crippen LogP contribution in [0.2, 0.25) is 0 Å². The van der Waals surface area contributed by atoms with E-state index in [4.69, 9.17) is 0 Å². The second-order valence-electron chi connectivity index (χ2n) is 5.20. The first-order chi connectivity index (χ1) is 10.1. The Morgan fingerprint density at radius 3 is 2.29 bits per heavy atom. The molecule has 0 atom stereocenters. The van der Waals surface area contributed by atoms with E-state index in [2.05, 4.69) is 28.9 Å². The third-order valence-electron chi connectivity index (χ3n) is 3.72. The molecule has 104 valence electrons. The first-order valence-electron chi connectivity index (χ1n) is 6.91. The number of fused-ring (bicyclic) bond motifs is 1. The summed E-state index contributed by atoms with van der Waals surface area (Å²) in [5.74, 6) is 0.161. The molecule has 3 rings (SSSR count). The smallest absolute Gasteiger partial charge is 0.167 e. The Hall–Kier alpha value is -1.93. The Morgan fingerprint density at radius 1 is 0.905 bits per heavy atom. The quantitative estimate of drug-likeness (QED) is 0.589. The molecule has 2 heteroatoms. The highest BCUT2D eigenvalue weighted by atomic mass is 79.9. The summed E-state index contributed by atoms with van der Waals surface area (Å²) in [4.78, 5) is 12.6. The number of ketones is 1. The molecule has 0 unspecified atom stereocenters. The van der Waals surface area contributed by atoms with Gasteiger partial charge in [0.15, 0.2) is 5.78 Å². The second-order valence-corrected chi connectivity index (χ2v) is 6.12. The number of halogens is 1. The summed E-state index contributed by atoms with van der Waals surface area (Å²) in [6, 6.07) is 20.0. The van der Waals surface area contributed by atoms with Crippen molar-refractivity contribution in [3.8, 4) is 0 Å². The third kappa shape index (κ3) is 2.91. The van der Waals surface area contributed by atoms with Gasteiger partial charge in [-0.25, -0.2) is 0 Å². The van der Waals surface area contributed by atoms with Crippen molar-refractivity contribution >= 4 is 32.5 Å². The lowest BCUT2D eigenvalue weighted by atomic mass is 9.95. The van der Waals surface area contributed by atoms with Gasteiger partial charge in [0.25, 0.3) is 0 Å². The van der Waals surface area contributed by atoms with Gasteiger partial charge in [-0.1, -0.05) is 64.5 Å². The minimum atomic E-state index is 0.161. The van der Waals surface area contributed by atoms with Crippen LogP contribution < -0.4 is 0 Å². The number of benzene rings is 3. The Kier molecular flexibility index (Phi) is 3.89. The van der Waals surface area contributed by atoms with Crippen molar-refractivity contribution in [1.29, 1.82) is 0 Å². The Bertz CT molecular complexity index is 803. The standard InChI is InChI=1S/C19H15BrO/c1-13-6-11-18(17-5-3-2-4-16(13)17)19(21)12-14-7-9-15(20)10-8-14/h2-11H,12H2,1H3. The molecule has 0 amide bonds. The van der Waals surface area contributed by atoms with Gasteiger partial charge in [-0.05, 0) is 41.0 Å². The molecular weight excluding hydrogens is 324 g/mol. The van der Waals surface area contributed by atoms with Gasteiger partial charge in [0, 0.05) is 16.5 Å². The minimum absolute atomic E-state index is 0.161. The van der Waals surface area contributed by atoms with E-state index in [0.29, 0.717) is 6.42 Å². The van der Waals surface area contributed by atoms with Crippen molar-refractivity contribution in [1.82, 2.24) is 0 Å². The van der Waals surface area contributed by atoms with E-state index in [1.165, 1.54) is 5.56 Å². The fourth-order valence-corrected chi connectivity index (χ4v) is 2.84. The van der Waals surface area contributed by atoms with Crippen LogP contribution in [0, 0.1) is 6.92 Å². The molecule has 0 N–H and O–H groups in total. The summed E-state index contributed by atoms with van der Waals surface area (Å²) in [5.41, 5.74) is 3.04. The van der Waals surface area contributed by atoms with Gasteiger partial charge in [0.05, 0.1) is 0 Å². The molecule has 3 aromatic carbocycles. The summed E-state index contributed by atoms with van der Waals surface area (Å²) < 4.78 is 1.03. The van der Waals surface area contributed by atoms with Crippen molar-refractivity contribution in [2.75, 3.05) is 0 Å². The Morgan fingerprint density at radius 2 is 1.57 bits per heavy atom. The number of aryl methyl sites for hydroxylation is 1. The van der Waals surface area contributed by atoms with E-state index in [-0.39, 0.29) is 5.78 Å². The van der Waals surface area contributed by atoms with Gasteiger partial charge < -0.3 is 0 Å². The maximum absolute atomic E-state index is 12.6. The Balaban J connectivity index is 1.98. The summed E-state index contributed by atoms with van der Waals surface area (Å²) in [7, 11) is 0. The van der Waals surface area contributed by atoms with Crippen LogP contribution in [0.4, 0.5) is 0 Å². The van der Waals surface area contributed by atoms with Gasteiger partial charge in [-0.15, -0.1) is 0 Å². The highest BCUT2D eigenvalue weighted by molar-refractivity contribution is 9.10. The van der Waals surface area contributed by atoms with Crippen LogP contribution >= 0.6 is 15.9 Å². The second kappa shape index (κ2) is 5.82. The monoisotopic (exact) mass is 338 g/mol. The van der Waals surface area contributed by atoms with Crippen molar-refractivity contribution in [3.63, 3.8) is 0 Å². The van der Waals surface area contributed by atoms with Crippen molar-refractivity contribution in [2.24, 2.45) is 0 Å². The number of hydrogen-bond acceptors (Lipinski definition) is 1. The summed E-state index contributed by atoms with van der Waals surface area (Å²) in [6.07, 6.45) is 0.431. The maximum Gasteiger partial charge on any atom is 0.167 e. The van der Waals surface area contributed by atoms with Crippen LogP contribution in [-0.4, -0.2) is 5.78 Å². The largest absolute Gasteiger partial charge is 0.294 e. The lowest BCUT2D eigenvalue weighted by Crippen LogP contribution is -2.04. The van der Waals surface area contributed by atoms with E-state index in [1.54, 1.807) is 0 Å². The molecule has 3 aromatic rings. The minimum Gasteiger partial charge on any atom is -0.294 e. The van der Waals surface area contributed by atoms with Crippen molar-refractivity contribution in [2.45, 2.75) is 13.3 Å². The molecule has 0 heterocycles. The number of hydrogen-bond donors (Lipinski definition) is 0. The fourth-order valence-electron chi connectivity index (χ4n) is 2.58. The molecule has 0 aliphatic heterocycles. The van der Waals surface area contributed by atoms with Gasteiger partial charge in [0.2, 0.25) is 0 Å². The molecule has 1 nitrogen and oxygen atoms in total. The van der Waals surface area contributed by atoms with E-state index >= 15 is 0 Å². The van der Waals surface area contributed by atoms with E-state index < -0.39 is 0 Å². The third-order valence-corrected chi connectivity index (χ3v) is 4.25. The van der Waals surface area contributed by atoms with Crippen LogP contribution in [0.3, 0.4) is 0 Å². The van der Waals surface area contributed by atoms with Crippen molar-refractivity contribution < 1.29 is 4.79 Å². The fraction of sp³-hybridized carbons (Fsp3) is 0.105. The Labute approximate surface area is 132 Å². The molecule has 0 aromatic heterocycles. The van der Waals surface area contributed by atoms with Crippen LogP contribution in [0.5, 0.6) is 0 Å². The van der Waals surface area contributed by atoms with Crippen LogP contribution in [0.1, 0.15) is 21.5 Å². The molecule has 0 saturated carbocycles. The zero-order chi connectivity index (χ0) is 14.8. The lowest BCUT2D eigenvalue weighted by molar-refractivity contribution is 0.0994. The number of carbonyl (C=O) groups is 1. The zero-order valence-electron chi connectivity index (χ0n) is 11.8. The van der Waals surface area contributed by atoms with Gasteiger partial charge in [-0.3, -0.25) is 4.79 Å². The predicted molar refractivity (Wildman–Crippen MR) is 90.9 cm³/mol. The average Bonchev–Trinajstić information content (AvgIpc) is 2.50. The number of Topliss-reactive ketones (excluding diaryl/α,β-unsaturated/α-hetero) is 1. The van der Waals surface area contributed by atoms with E-state index in [9.17, 15) is 4.79 Å². The normalized spacial score (nSPS) is 10.8. The van der Waals surface area contributed by atoms with Crippen LogP contribution in [0.25, 0.3) is 10.8 Å². The first-order valence-corrected chi connectivity index (χ1v) is 7.70. The molecule has 0 radical (unpaired) electrons. The molecule has 0 fully saturated rings. The topological polar surface area (TPSA) is 17.1 Å². The van der Waals surface area contributed by atoms with E-state index in [1.807, 2.05) is 54.6 Å². The first kappa shape index (κ1) is 14.0. The number of carbonyl (C=O) groups excluding carboxylic acids is 1.